The van der Waals surface area contributed by atoms with Crippen LogP contribution < -0.4 is 20.9 Å². The lowest BCUT2D eigenvalue weighted by Crippen LogP contribution is -2.59. The number of anilines is 2. The van der Waals surface area contributed by atoms with E-state index in [1.807, 2.05) is 19.1 Å². The Morgan fingerprint density at radius 2 is 1.96 bits per heavy atom. The number of piperazine rings is 1. The highest BCUT2D eigenvalue weighted by atomic mass is 16.2. The van der Waals surface area contributed by atoms with E-state index in [9.17, 15) is 14.4 Å². The molecule has 1 aromatic rings. The Kier molecular flexibility index (Phi) is 5.83. The van der Waals surface area contributed by atoms with Gasteiger partial charge in [0.15, 0.2) is 0 Å². The van der Waals surface area contributed by atoms with Gasteiger partial charge in [0.05, 0.1) is 6.42 Å². The topological polar surface area (TPSA) is 93.8 Å². The first kappa shape index (κ1) is 19.0. The minimum atomic E-state index is -0.805. The molecule has 8 nitrogen and oxygen atoms in total. The molecule has 0 aliphatic carbocycles. The lowest BCUT2D eigenvalue weighted by atomic mass is 10.1. The van der Waals surface area contributed by atoms with Crippen molar-refractivity contribution >= 4 is 29.2 Å². The summed E-state index contributed by atoms with van der Waals surface area (Å²) in [6.45, 7) is 4.79. The summed E-state index contributed by atoms with van der Waals surface area (Å²) in [5.41, 5.74) is 2.87. The zero-order chi connectivity index (χ0) is 19.4. The SMILES string of the molecule is CNC(=O)C[C@H]1C(=O)NCCN1C(=O)Nc1cccc(N2CCCC2)c1C. The van der Waals surface area contributed by atoms with E-state index in [1.54, 1.807) is 0 Å². The van der Waals surface area contributed by atoms with Crippen LogP contribution in [0.15, 0.2) is 18.2 Å². The van der Waals surface area contributed by atoms with Crippen molar-refractivity contribution in [3.63, 3.8) is 0 Å². The molecule has 0 radical (unpaired) electrons. The predicted octanol–water partition coefficient (Wildman–Crippen LogP) is 1.06. The number of nitrogens with one attached hydrogen (secondary N) is 3. The molecule has 2 saturated heterocycles. The summed E-state index contributed by atoms with van der Waals surface area (Å²) in [5.74, 6) is -0.579. The van der Waals surface area contributed by atoms with E-state index in [0.29, 0.717) is 13.1 Å². The van der Waals surface area contributed by atoms with Crippen LogP contribution in [0.5, 0.6) is 0 Å². The largest absolute Gasteiger partial charge is 0.371 e. The summed E-state index contributed by atoms with van der Waals surface area (Å²) in [7, 11) is 1.51. The van der Waals surface area contributed by atoms with E-state index in [0.717, 1.165) is 30.0 Å². The third-order valence-electron chi connectivity index (χ3n) is 5.24. The van der Waals surface area contributed by atoms with Crippen LogP contribution in [0.4, 0.5) is 16.2 Å². The van der Waals surface area contributed by atoms with E-state index < -0.39 is 6.04 Å². The number of hydrogen-bond acceptors (Lipinski definition) is 4. The van der Waals surface area contributed by atoms with Crippen LogP contribution in [0.2, 0.25) is 0 Å². The molecule has 1 atom stereocenters. The fourth-order valence-corrected chi connectivity index (χ4v) is 3.68. The molecule has 0 aromatic heterocycles. The first-order valence-electron chi connectivity index (χ1n) is 9.41. The van der Waals surface area contributed by atoms with E-state index >= 15 is 0 Å². The molecule has 2 aliphatic heterocycles. The van der Waals surface area contributed by atoms with Crippen LogP contribution in [0, 0.1) is 6.92 Å². The Morgan fingerprint density at radius 3 is 2.67 bits per heavy atom. The molecule has 0 bridgehead atoms. The maximum absolute atomic E-state index is 12.9. The van der Waals surface area contributed by atoms with Gasteiger partial charge in [-0.25, -0.2) is 4.79 Å². The van der Waals surface area contributed by atoms with Crippen molar-refractivity contribution in [3.8, 4) is 0 Å². The van der Waals surface area contributed by atoms with Crippen molar-refractivity contribution in [2.45, 2.75) is 32.2 Å². The number of benzene rings is 1. The predicted molar refractivity (Wildman–Crippen MR) is 104 cm³/mol. The van der Waals surface area contributed by atoms with Gasteiger partial charge in [0, 0.05) is 44.6 Å². The number of hydrogen-bond donors (Lipinski definition) is 3. The third-order valence-corrected chi connectivity index (χ3v) is 5.24. The van der Waals surface area contributed by atoms with Crippen molar-refractivity contribution in [1.29, 1.82) is 0 Å². The molecule has 0 spiro atoms. The average molecular weight is 373 g/mol. The van der Waals surface area contributed by atoms with Gasteiger partial charge in [-0.1, -0.05) is 6.07 Å². The van der Waals surface area contributed by atoms with Gasteiger partial charge in [0.1, 0.15) is 6.04 Å². The van der Waals surface area contributed by atoms with Gasteiger partial charge < -0.3 is 25.8 Å². The average Bonchev–Trinajstić information content (AvgIpc) is 3.19. The van der Waals surface area contributed by atoms with E-state index in [1.165, 1.54) is 24.8 Å². The molecular weight excluding hydrogens is 346 g/mol. The van der Waals surface area contributed by atoms with Gasteiger partial charge in [0.2, 0.25) is 11.8 Å². The quantitative estimate of drug-likeness (QED) is 0.736. The number of amides is 4. The Labute approximate surface area is 159 Å². The molecule has 1 aromatic carbocycles. The Hall–Kier alpha value is -2.77. The zero-order valence-electron chi connectivity index (χ0n) is 15.9. The van der Waals surface area contributed by atoms with E-state index in [2.05, 4.69) is 26.9 Å². The first-order valence-corrected chi connectivity index (χ1v) is 9.41. The fraction of sp³-hybridized carbons (Fsp3) is 0.526. The zero-order valence-corrected chi connectivity index (χ0v) is 15.9. The Balaban J connectivity index is 1.76. The molecule has 3 rings (SSSR count). The summed E-state index contributed by atoms with van der Waals surface area (Å²) < 4.78 is 0. The molecule has 0 unspecified atom stereocenters. The van der Waals surface area contributed by atoms with Gasteiger partial charge in [-0.15, -0.1) is 0 Å². The summed E-state index contributed by atoms with van der Waals surface area (Å²) >= 11 is 0. The van der Waals surface area contributed by atoms with Crippen molar-refractivity contribution in [2.24, 2.45) is 0 Å². The minimum absolute atomic E-state index is 0.0530. The summed E-state index contributed by atoms with van der Waals surface area (Å²) in [6, 6.07) is 4.70. The lowest BCUT2D eigenvalue weighted by Gasteiger charge is -2.34. The summed E-state index contributed by atoms with van der Waals surface area (Å²) in [5, 5.41) is 8.16. The molecule has 27 heavy (non-hydrogen) atoms. The van der Waals surface area contributed by atoms with Crippen LogP contribution in [0.25, 0.3) is 0 Å². The van der Waals surface area contributed by atoms with Gasteiger partial charge in [0.25, 0.3) is 0 Å². The standard InChI is InChI=1S/C19H27N5O3/c1-13-14(6-5-7-15(13)23-9-3-4-10-23)22-19(27)24-11-8-21-18(26)16(24)12-17(25)20-2/h5-7,16H,3-4,8-12H2,1-2H3,(H,20,25)(H,21,26)(H,22,27)/t16-/m0/s1. The van der Waals surface area contributed by atoms with Crippen LogP contribution >= 0.6 is 0 Å². The second kappa shape index (κ2) is 8.28. The maximum Gasteiger partial charge on any atom is 0.322 e. The third kappa shape index (κ3) is 4.15. The normalized spacial score (nSPS) is 19.6. The van der Waals surface area contributed by atoms with Crippen molar-refractivity contribution < 1.29 is 14.4 Å². The van der Waals surface area contributed by atoms with Crippen LogP contribution in [0.3, 0.4) is 0 Å². The van der Waals surface area contributed by atoms with Crippen LogP contribution in [0.1, 0.15) is 24.8 Å². The first-order chi connectivity index (χ1) is 13.0. The lowest BCUT2D eigenvalue weighted by molar-refractivity contribution is -0.132. The molecule has 2 heterocycles. The van der Waals surface area contributed by atoms with Crippen LogP contribution in [-0.4, -0.2) is 62.0 Å². The molecule has 3 N–H and O–H groups in total. The highest BCUT2D eigenvalue weighted by molar-refractivity contribution is 5.97. The highest BCUT2D eigenvalue weighted by Gasteiger charge is 2.34. The molecule has 4 amide bonds. The summed E-state index contributed by atoms with van der Waals surface area (Å²) in [4.78, 5) is 40.6. The maximum atomic E-state index is 12.9. The number of nitrogens with zero attached hydrogens (tertiary/aromatic N) is 2. The minimum Gasteiger partial charge on any atom is -0.371 e. The second-order valence-corrected chi connectivity index (χ2v) is 6.95. The Bertz CT molecular complexity index is 730. The van der Waals surface area contributed by atoms with Crippen molar-refractivity contribution in [3.05, 3.63) is 23.8 Å². The summed E-state index contributed by atoms with van der Waals surface area (Å²) in [6.07, 6.45) is 2.31. The molecule has 0 saturated carbocycles. The number of rotatable bonds is 4. The number of urea groups is 1. The second-order valence-electron chi connectivity index (χ2n) is 6.95. The van der Waals surface area contributed by atoms with Crippen LogP contribution in [-0.2, 0) is 9.59 Å². The highest BCUT2D eigenvalue weighted by Crippen LogP contribution is 2.29. The number of carbonyl (C=O) groups excluding carboxylic acids is 3. The van der Waals surface area contributed by atoms with Gasteiger partial charge >= 0.3 is 6.03 Å². The van der Waals surface area contributed by atoms with E-state index in [-0.39, 0.29) is 24.3 Å². The van der Waals surface area contributed by atoms with Crippen molar-refractivity contribution in [1.82, 2.24) is 15.5 Å². The Morgan fingerprint density at radius 1 is 1.22 bits per heavy atom. The van der Waals surface area contributed by atoms with Gasteiger partial charge in [-0.3, -0.25) is 9.59 Å². The molecule has 2 fully saturated rings. The molecular formula is C19H27N5O3. The van der Waals surface area contributed by atoms with Crippen molar-refractivity contribution in [2.75, 3.05) is 43.4 Å². The van der Waals surface area contributed by atoms with E-state index in [4.69, 9.17) is 0 Å². The molecule has 2 aliphatic rings. The smallest absolute Gasteiger partial charge is 0.322 e. The fourth-order valence-electron chi connectivity index (χ4n) is 3.68. The van der Waals surface area contributed by atoms with Gasteiger partial charge in [-0.2, -0.15) is 0 Å². The monoisotopic (exact) mass is 373 g/mol. The molecule has 146 valence electrons. The number of carbonyl (C=O) groups is 3. The van der Waals surface area contributed by atoms with Gasteiger partial charge in [-0.05, 0) is 37.5 Å². The molecule has 8 heteroatoms.